The minimum Gasteiger partial charge on any atom is -0.549 e. The first-order valence-corrected chi connectivity index (χ1v) is 5.14. The maximum atomic E-state index is 11.2. The van der Waals surface area contributed by atoms with Crippen molar-refractivity contribution in [2.24, 2.45) is 0 Å². The van der Waals surface area contributed by atoms with Crippen molar-refractivity contribution in [1.82, 2.24) is 0 Å². The van der Waals surface area contributed by atoms with Gasteiger partial charge < -0.3 is 15.6 Å². The van der Waals surface area contributed by atoms with Crippen LogP contribution < -0.4 is 10.8 Å². The van der Waals surface area contributed by atoms with Gasteiger partial charge in [-0.1, -0.05) is 26.0 Å². The van der Waals surface area contributed by atoms with E-state index in [0.717, 1.165) is 5.56 Å². The number of benzene rings is 1. The van der Waals surface area contributed by atoms with Crippen LogP contribution in [0.25, 0.3) is 0 Å². The van der Waals surface area contributed by atoms with Crippen LogP contribution in [0.3, 0.4) is 0 Å². The highest BCUT2D eigenvalue weighted by molar-refractivity contribution is 5.79. The number of anilines is 1. The topological polar surface area (TPSA) is 66.1 Å². The monoisotopic (exact) mass is 206 g/mol. The number of rotatable bonds is 4. The van der Waals surface area contributed by atoms with E-state index in [9.17, 15) is 9.90 Å². The van der Waals surface area contributed by atoms with Crippen molar-refractivity contribution in [2.45, 2.75) is 32.1 Å². The van der Waals surface area contributed by atoms with Gasteiger partial charge in [-0.25, -0.2) is 0 Å². The van der Waals surface area contributed by atoms with Crippen LogP contribution in [0.15, 0.2) is 24.3 Å². The van der Waals surface area contributed by atoms with E-state index in [1.54, 1.807) is 24.3 Å². The van der Waals surface area contributed by atoms with Gasteiger partial charge in [0.2, 0.25) is 0 Å². The molecule has 0 unspecified atom stereocenters. The lowest BCUT2D eigenvalue weighted by molar-refractivity contribution is -0.314. The van der Waals surface area contributed by atoms with Crippen LogP contribution in [0.1, 0.15) is 32.3 Å². The molecule has 0 radical (unpaired) electrons. The van der Waals surface area contributed by atoms with Crippen molar-refractivity contribution in [3.63, 3.8) is 0 Å². The molecule has 0 aliphatic carbocycles. The molecule has 0 aromatic heterocycles. The molecule has 15 heavy (non-hydrogen) atoms. The molecule has 1 aromatic carbocycles. The number of hydrogen-bond donors (Lipinski definition) is 1. The number of carboxylic acids is 1. The van der Waals surface area contributed by atoms with Crippen molar-refractivity contribution in [2.75, 3.05) is 5.73 Å². The summed E-state index contributed by atoms with van der Waals surface area (Å²) < 4.78 is 0. The Morgan fingerprint density at radius 3 is 2.07 bits per heavy atom. The molecule has 3 nitrogen and oxygen atoms in total. The minimum absolute atomic E-state index is 0.524. The molecular weight excluding hydrogens is 190 g/mol. The van der Waals surface area contributed by atoms with Crippen molar-refractivity contribution < 1.29 is 9.90 Å². The summed E-state index contributed by atoms with van der Waals surface area (Å²) in [5, 5.41) is 11.2. The Morgan fingerprint density at radius 2 is 1.73 bits per heavy atom. The Bertz CT molecular complexity index is 339. The predicted octanol–water partition coefficient (Wildman–Crippen LogP) is 1.08. The second-order valence-electron chi connectivity index (χ2n) is 3.70. The first kappa shape index (κ1) is 11.6. The average molecular weight is 206 g/mol. The van der Waals surface area contributed by atoms with Gasteiger partial charge in [-0.2, -0.15) is 0 Å². The van der Waals surface area contributed by atoms with Crippen LogP contribution in [0, 0.1) is 0 Å². The summed E-state index contributed by atoms with van der Waals surface area (Å²) in [6, 6.07) is 6.97. The lowest BCUT2D eigenvalue weighted by Gasteiger charge is -2.33. The lowest BCUT2D eigenvalue weighted by atomic mass is 9.76. The number of carbonyl (C=O) groups is 1. The second-order valence-corrected chi connectivity index (χ2v) is 3.70. The van der Waals surface area contributed by atoms with Gasteiger partial charge in [0.25, 0.3) is 0 Å². The van der Waals surface area contributed by atoms with Crippen LogP contribution in [-0.4, -0.2) is 5.97 Å². The van der Waals surface area contributed by atoms with E-state index in [0.29, 0.717) is 18.5 Å². The first-order chi connectivity index (χ1) is 7.06. The molecule has 0 aliphatic heterocycles. The third kappa shape index (κ3) is 1.96. The third-order valence-electron chi connectivity index (χ3n) is 3.06. The van der Waals surface area contributed by atoms with Gasteiger partial charge in [-0.05, 0) is 30.5 Å². The zero-order valence-electron chi connectivity index (χ0n) is 9.12. The molecule has 2 N–H and O–H groups in total. The molecule has 0 bridgehead atoms. The first-order valence-electron chi connectivity index (χ1n) is 5.14. The second kappa shape index (κ2) is 4.34. The smallest absolute Gasteiger partial charge is 0.0520 e. The van der Waals surface area contributed by atoms with Crippen LogP contribution in [0.4, 0.5) is 5.69 Å². The highest BCUT2D eigenvalue weighted by Gasteiger charge is 2.29. The molecular formula is C12H16NO2-. The summed E-state index contributed by atoms with van der Waals surface area (Å²) in [7, 11) is 0. The molecule has 0 amide bonds. The number of carbonyl (C=O) groups excluding carboxylic acids is 1. The Balaban J connectivity index is 3.20. The normalized spacial score (nSPS) is 11.3. The van der Waals surface area contributed by atoms with Gasteiger partial charge in [0.1, 0.15) is 0 Å². The number of nitrogen functional groups attached to an aromatic ring is 1. The maximum Gasteiger partial charge on any atom is 0.0520 e. The molecule has 1 rings (SSSR count). The van der Waals surface area contributed by atoms with E-state index in [1.165, 1.54) is 0 Å². The molecule has 3 heteroatoms. The fourth-order valence-electron chi connectivity index (χ4n) is 1.87. The van der Waals surface area contributed by atoms with Crippen molar-refractivity contribution >= 4 is 11.7 Å². The molecule has 0 aliphatic rings. The van der Waals surface area contributed by atoms with E-state index < -0.39 is 11.4 Å². The SMILES string of the molecule is CCC(CC)(C(=O)[O-])c1ccc(N)cc1. The number of nitrogens with two attached hydrogens (primary N) is 1. The third-order valence-corrected chi connectivity index (χ3v) is 3.06. The summed E-state index contributed by atoms with van der Waals surface area (Å²) >= 11 is 0. The van der Waals surface area contributed by atoms with Gasteiger partial charge in [0, 0.05) is 11.1 Å². The van der Waals surface area contributed by atoms with Crippen LogP contribution in [0.5, 0.6) is 0 Å². The lowest BCUT2D eigenvalue weighted by Crippen LogP contribution is -2.45. The zero-order valence-corrected chi connectivity index (χ0v) is 9.12. The molecule has 0 fully saturated rings. The van der Waals surface area contributed by atoms with E-state index in [2.05, 4.69) is 0 Å². The van der Waals surface area contributed by atoms with E-state index in [4.69, 9.17) is 5.73 Å². The highest BCUT2D eigenvalue weighted by Crippen LogP contribution is 2.31. The molecule has 0 heterocycles. The Kier molecular flexibility index (Phi) is 3.35. The quantitative estimate of drug-likeness (QED) is 0.749. The minimum atomic E-state index is -1.02. The van der Waals surface area contributed by atoms with Gasteiger partial charge in [-0.15, -0.1) is 0 Å². The predicted molar refractivity (Wildman–Crippen MR) is 58.1 cm³/mol. The molecule has 0 saturated heterocycles. The van der Waals surface area contributed by atoms with Gasteiger partial charge in [0.15, 0.2) is 0 Å². The van der Waals surface area contributed by atoms with Gasteiger partial charge in [0.05, 0.1) is 5.97 Å². The summed E-state index contributed by atoms with van der Waals surface area (Å²) in [6.45, 7) is 3.71. The van der Waals surface area contributed by atoms with Crippen LogP contribution in [-0.2, 0) is 10.2 Å². The van der Waals surface area contributed by atoms with Crippen molar-refractivity contribution in [1.29, 1.82) is 0 Å². The van der Waals surface area contributed by atoms with Gasteiger partial charge >= 0.3 is 0 Å². The van der Waals surface area contributed by atoms with Gasteiger partial charge in [-0.3, -0.25) is 0 Å². The standard InChI is InChI=1S/C12H17NO2/c1-3-12(4-2,11(14)15)9-5-7-10(13)8-6-9/h5-8H,3-4,13H2,1-2H3,(H,14,15)/p-1. The maximum absolute atomic E-state index is 11.2. The highest BCUT2D eigenvalue weighted by atomic mass is 16.4. The van der Waals surface area contributed by atoms with Crippen LogP contribution >= 0.6 is 0 Å². The van der Waals surface area contributed by atoms with Crippen molar-refractivity contribution in [3.8, 4) is 0 Å². The Labute approximate surface area is 89.9 Å². The largest absolute Gasteiger partial charge is 0.549 e. The summed E-state index contributed by atoms with van der Waals surface area (Å²) in [5.41, 5.74) is 6.09. The van der Waals surface area contributed by atoms with E-state index in [-0.39, 0.29) is 0 Å². The molecule has 0 saturated carbocycles. The van der Waals surface area contributed by atoms with Crippen LogP contribution in [0.2, 0.25) is 0 Å². The zero-order chi connectivity index (χ0) is 11.5. The number of aliphatic carboxylic acids is 1. The Hall–Kier alpha value is -1.51. The Morgan fingerprint density at radius 1 is 1.27 bits per heavy atom. The molecule has 82 valence electrons. The van der Waals surface area contributed by atoms with E-state index >= 15 is 0 Å². The fraction of sp³-hybridized carbons (Fsp3) is 0.417. The summed E-state index contributed by atoms with van der Waals surface area (Å²) in [5.74, 6) is -1.02. The average Bonchev–Trinajstić information content (AvgIpc) is 2.22. The van der Waals surface area contributed by atoms with Crippen molar-refractivity contribution in [3.05, 3.63) is 29.8 Å². The molecule has 0 atom stereocenters. The fourth-order valence-corrected chi connectivity index (χ4v) is 1.87. The number of hydrogen-bond acceptors (Lipinski definition) is 3. The molecule has 0 spiro atoms. The van der Waals surface area contributed by atoms with E-state index in [1.807, 2.05) is 13.8 Å². The molecule has 1 aromatic rings. The summed E-state index contributed by atoms with van der Waals surface area (Å²) in [6.07, 6.45) is 1.05. The summed E-state index contributed by atoms with van der Waals surface area (Å²) in [4.78, 5) is 11.2. The number of carboxylic acid groups (broad SMARTS) is 1.